The van der Waals surface area contributed by atoms with Crippen molar-refractivity contribution in [3.8, 4) is 11.6 Å². The molecule has 4 N–H and O–H groups in total. The minimum atomic E-state index is -0.791. The van der Waals surface area contributed by atoms with Gasteiger partial charge in [0.2, 0.25) is 5.91 Å². The van der Waals surface area contributed by atoms with Gasteiger partial charge in [-0.3, -0.25) is 9.59 Å². The second kappa shape index (κ2) is 6.36. The van der Waals surface area contributed by atoms with Crippen LogP contribution in [0.4, 0.5) is 0 Å². The van der Waals surface area contributed by atoms with Crippen LogP contribution in [0.1, 0.15) is 37.0 Å². The fraction of sp³-hybridized carbons (Fsp3) is 0.471. The fourth-order valence-corrected chi connectivity index (χ4v) is 2.99. The molecule has 2 aromatic heterocycles. The summed E-state index contributed by atoms with van der Waals surface area (Å²) in [6, 6.07) is 2.79. The lowest BCUT2D eigenvalue weighted by Gasteiger charge is -2.28. The van der Waals surface area contributed by atoms with Gasteiger partial charge in [-0.2, -0.15) is 0 Å². The average Bonchev–Trinajstić information content (AvgIpc) is 3.18. The average molecular weight is 345 g/mol. The molecular formula is C17H23N5O3. The largest absolute Gasteiger partial charge is 0.461 e. The Bertz CT molecular complexity index is 786. The van der Waals surface area contributed by atoms with Crippen LogP contribution < -0.4 is 16.4 Å². The lowest BCUT2D eigenvalue weighted by molar-refractivity contribution is -0.122. The molecule has 8 nitrogen and oxygen atoms in total. The van der Waals surface area contributed by atoms with Gasteiger partial charge >= 0.3 is 0 Å². The Morgan fingerprint density at radius 3 is 2.80 bits per heavy atom. The summed E-state index contributed by atoms with van der Waals surface area (Å²) in [5.74, 6) is 0.227. The van der Waals surface area contributed by atoms with Crippen LogP contribution in [0.2, 0.25) is 0 Å². The molecule has 1 aliphatic rings. The third-order valence-corrected chi connectivity index (χ3v) is 4.26. The second-order valence-corrected chi connectivity index (χ2v) is 7.21. The lowest BCUT2D eigenvalue weighted by atomic mass is 9.86. The Kier molecular flexibility index (Phi) is 4.38. The predicted molar refractivity (Wildman–Crippen MR) is 91.5 cm³/mol. The zero-order valence-electron chi connectivity index (χ0n) is 14.6. The number of carbonyl (C=O) groups is 2. The van der Waals surface area contributed by atoms with Gasteiger partial charge in [-0.25, -0.2) is 4.98 Å². The molecule has 1 atom stereocenters. The van der Waals surface area contributed by atoms with Crippen molar-refractivity contribution in [1.82, 2.24) is 20.2 Å². The summed E-state index contributed by atoms with van der Waals surface area (Å²) in [4.78, 5) is 29.0. The van der Waals surface area contributed by atoms with Gasteiger partial charge in [0.25, 0.3) is 5.91 Å². The number of hydrogen-bond acceptors (Lipinski definition) is 5. The number of nitrogens with zero attached hydrogens (tertiary/aromatic N) is 2. The van der Waals surface area contributed by atoms with E-state index in [9.17, 15) is 9.59 Å². The highest BCUT2D eigenvalue weighted by Crippen LogP contribution is 2.25. The number of nitrogens with two attached hydrogens (primary N) is 1. The molecule has 1 aliphatic heterocycles. The van der Waals surface area contributed by atoms with Crippen molar-refractivity contribution in [2.75, 3.05) is 6.54 Å². The van der Waals surface area contributed by atoms with Gasteiger partial charge in [0, 0.05) is 19.6 Å². The smallest absolute Gasteiger partial charge is 0.272 e. The van der Waals surface area contributed by atoms with Gasteiger partial charge in [0.1, 0.15) is 6.04 Å². The Morgan fingerprint density at radius 1 is 1.44 bits per heavy atom. The third kappa shape index (κ3) is 3.30. The highest BCUT2D eigenvalue weighted by Gasteiger charge is 2.33. The first kappa shape index (κ1) is 17.2. The normalized spacial score (nSPS) is 15.5. The Hall–Kier alpha value is -2.61. The molecule has 0 radical (unpaired) electrons. The minimum absolute atomic E-state index is 0.286. The minimum Gasteiger partial charge on any atom is -0.461 e. The molecule has 0 saturated heterocycles. The van der Waals surface area contributed by atoms with Crippen LogP contribution in [0.15, 0.2) is 22.8 Å². The van der Waals surface area contributed by atoms with Crippen LogP contribution in [0.5, 0.6) is 0 Å². The molecule has 3 heterocycles. The van der Waals surface area contributed by atoms with Gasteiger partial charge in [-0.1, -0.05) is 20.8 Å². The molecule has 0 fully saturated rings. The van der Waals surface area contributed by atoms with E-state index in [0.717, 1.165) is 12.2 Å². The van der Waals surface area contributed by atoms with Crippen molar-refractivity contribution >= 4 is 11.8 Å². The summed E-state index contributed by atoms with van der Waals surface area (Å²) in [6.45, 7) is 7.53. The molecule has 3 rings (SSSR count). The zero-order valence-corrected chi connectivity index (χ0v) is 14.6. The van der Waals surface area contributed by atoms with E-state index in [2.05, 4.69) is 15.6 Å². The van der Waals surface area contributed by atoms with E-state index in [-0.39, 0.29) is 5.69 Å². The third-order valence-electron chi connectivity index (χ3n) is 4.26. The number of fused-ring (bicyclic) bond motifs is 1. The summed E-state index contributed by atoms with van der Waals surface area (Å²) in [5.41, 5.74) is 6.02. The first-order valence-corrected chi connectivity index (χ1v) is 8.23. The molecule has 0 bridgehead atoms. The van der Waals surface area contributed by atoms with Crippen LogP contribution in [0.25, 0.3) is 11.6 Å². The van der Waals surface area contributed by atoms with Crippen molar-refractivity contribution in [2.45, 2.75) is 39.9 Å². The molecule has 134 valence electrons. The van der Waals surface area contributed by atoms with Gasteiger partial charge in [-0.15, -0.1) is 0 Å². The van der Waals surface area contributed by atoms with Crippen molar-refractivity contribution in [1.29, 1.82) is 0 Å². The lowest BCUT2D eigenvalue weighted by Crippen LogP contribution is -2.52. The van der Waals surface area contributed by atoms with Crippen LogP contribution in [-0.2, 0) is 17.9 Å². The molecule has 25 heavy (non-hydrogen) atoms. The number of carbonyl (C=O) groups excluding carboxylic acids is 2. The molecule has 8 heteroatoms. The monoisotopic (exact) mass is 345 g/mol. The van der Waals surface area contributed by atoms with E-state index in [0.29, 0.717) is 24.7 Å². The molecule has 2 aromatic rings. The summed E-state index contributed by atoms with van der Waals surface area (Å²) in [5, 5.41) is 5.97. The number of imidazole rings is 1. The predicted octanol–water partition coefficient (Wildman–Crippen LogP) is 0.876. The fourth-order valence-electron chi connectivity index (χ4n) is 2.99. The number of hydrogen-bond donors (Lipinski definition) is 3. The highest BCUT2D eigenvalue weighted by atomic mass is 16.3. The van der Waals surface area contributed by atoms with E-state index in [1.165, 1.54) is 0 Å². The number of furan rings is 1. The molecule has 0 saturated carbocycles. The Balaban J connectivity index is 1.97. The van der Waals surface area contributed by atoms with Gasteiger partial charge in [0.05, 0.1) is 12.0 Å². The highest BCUT2D eigenvalue weighted by molar-refractivity contribution is 5.97. The van der Waals surface area contributed by atoms with Crippen molar-refractivity contribution in [3.05, 3.63) is 29.8 Å². The summed E-state index contributed by atoms with van der Waals surface area (Å²) >= 11 is 0. The van der Waals surface area contributed by atoms with Gasteiger partial charge in [0.15, 0.2) is 17.3 Å². The molecular weight excluding hydrogens is 322 g/mol. The molecule has 0 aliphatic carbocycles. The SMILES string of the molecule is CC(C)(C)[C@H](NC(=O)c1nc(-c2ccco2)n2c1CNCC2)C(N)=O. The summed E-state index contributed by atoms with van der Waals surface area (Å²) in [7, 11) is 0. The van der Waals surface area contributed by atoms with E-state index in [4.69, 9.17) is 10.2 Å². The number of amides is 2. The van der Waals surface area contributed by atoms with Crippen LogP contribution in [0.3, 0.4) is 0 Å². The quantitative estimate of drug-likeness (QED) is 0.761. The number of aromatic nitrogens is 2. The van der Waals surface area contributed by atoms with E-state index >= 15 is 0 Å². The molecule has 0 aromatic carbocycles. The van der Waals surface area contributed by atoms with E-state index in [1.807, 2.05) is 25.3 Å². The van der Waals surface area contributed by atoms with Gasteiger partial charge < -0.3 is 25.4 Å². The topological polar surface area (TPSA) is 115 Å². The van der Waals surface area contributed by atoms with Crippen LogP contribution in [0, 0.1) is 5.41 Å². The standard InChI is InChI=1S/C17H23N5O3/c1-17(2,3)13(14(18)23)21-16(24)12-10-9-19-6-7-22(10)15(20-12)11-5-4-8-25-11/h4-5,8,13,19H,6-7,9H2,1-3H3,(H2,18,23)(H,21,24)/t13-/m1/s1. The second-order valence-electron chi connectivity index (χ2n) is 7.21. The molecule has 0 spiro atoms. The number of primary amides is 1. The maximum atomic E-state index is 12.8. The van der Waals surface area contributed by atoms with E-state index in [1.54, 1.807) is 18.4 Å². The van der Waals surface area contributed by atoms with Crippen LogP contribution in [-0.4, -0.2) is 34.0 Å². The molecule has 0 unspecified atom stereocenters. The maximum Gasteiger partial charge on any atom is 0.272 e. The van der Waals surface area contributed by atoms with Crippen LogP contribution >= 0.6 is 0 Å². The first-order valence-electron chi connectivity index (χ1n) is 8.23. The van der Waals surface area contributed by atoms with Crippen molar-refractivity contribution < 1.29 is 14.0 Å². The number of rotatable bonds is 4. The zero-order chi connectivity index (χ0) is 18.2. The van der Waals surface area contributed by atoms with Crippen molar-refractivity contribution in [3.63, 3.8) is 0 Å². The first-order chi connectivity index (χ1) is 11.8. The summed E-state index contributed by atoms with van der Waals surface area (Å²) in [6.07, 6.45) is 1.57. The maximum absolute atomic E-state index is 12.8. The Morgan fingerprint density at radius 2 is 2.20 bits per heavy atom. The molecule has 2 amide bonds. The van der Waals surface area contributed by atoms with Crippen molar-refractivity contribution in [2.24, 2.45) is 11.1 Å². The van der Waals surface area contributed by atoms with Gasteiger partial charge in [-0.05, 0) is 17.5 Å². The van der Waals surface area contributed by atoms with E-state index < -0.39 is 23.3 Å². The number of nitrogens with one attached hydrogen (secondary N) is 2. The Labute approximate surface area is 145 Å². The summed E-state index contributed by atoms with van der Waals surface area (Å²) < 4.78 is 7.42.